The van der Waals surface area contributed by atoms with Crippen molar-refractivity contribution in [3.8, 4) is 11.5 Å². The van der Waals surface area contributed by atoms with E-state index in [-0.39, 0.29) is 11.9 Å². The Bertz CT molecular complexity index is 1080. The first-order valence-corrected chi connectivity index (χ1v) is 11.8. The Hall–Kier alpha value is -2.68. The molecule has 1 fully saturated rings. The van der Waals surface area contributed by atoms with Gasteiger partial charge in [0, 0.05) is 39.8 Å². The van der Waals surface area contributed by atoms with E-state index in [0.717, 1.165) is 59.4 Å². The highest BCUT2D eigenvalue weighted by Crippen LogP contribution is 2.33. The van der Waals surface area contributed by atoms with Crippen LogP contribution in [-0.4, -0.2) is 72.2 Å². The van der Waals surface area contributed by atoms with Gasteiger partial charge in [-0.3, -0.25) is 14.6 Å². The van der Waals surface area contributed by atoms with E-state index in [1.165, 1.54) is 5.56 Å². The maximum atomic E-state index is 12.9. The Kier molecular flexibility index (Phi) is 5.99. The van der Waals surface area contributed by atoms with Crippen LogP contribution in [0.3, 0.4) is 0 Å². The number of hydrogen-bond acceptors (Lipinski definition) is 7. The van der Waals surface area contributed by atoms with E-state index < -0.39 is 0 Å². The molecule has 2 aromatic carbocycles. The largest absolute Gasteiger partial charge is 0.454 e. The third kappa shape index (κ3) is 4.44. The van der Waals surface area contributed by atoms with Crippen molar-refractivity contribution in [2.75, 3.05) is 46.6 Å². The molecule has 0 bridgehead atoms. The standard InChI is InChI=1S/C24H28N4O3S/c1-17(24-25-19-5-3-4-6-22(19)32-24)26(2)23(29)15-28-11-9-27(10-12-28)14-18-7-8-20-21(13-18)31-16-30-20/h3-8,13,17H,9-12,14-16H2,1-2H3. The Morgan fingerprint density at radius 3 is 2.66 bits per heavy atom. The van der Waals surface area contributed by atoms with Gasteiger partial charge in [-0.1, -0.05) is 18.2 Å². The maximum absolute atomic E-state index is 12.9. The third-order valence-corrected chi connectivity index (χ3v) is 7.52. The number of fused-ring (bicyclic) bond motifs is 2. The molecule has 1 atom stereocenters. The molecule has 2 aliphatic heterocycles. The first-order valence-electron chi connectivity index (χ1n) is 11.0. The molecule has 3 aromatic rings. The number of rotatable bonds is 6. The molecule has 1 unspecified atom stereocenters. The number of carbonyl (C=O) groups is 1. The van der Waals surface area contributed by atoms with Gasteiger partial charge in [0.2, 0.25) is 12.7 Å². The molecule has 1 amide bonds. The summed E-state index contributed by atoms with van der Waals surface area (Å²) in [5, 5.41) is 0.982. The van der Waals surface area contributed by atoms with Crippen LogP contribution in [0.4, 0.5) is 0 Å². The van der Waals surface area contributed by atoms with Crippen LogP contribution in [0, 0.1) is 0 Å². The summed E-state index contributed by atoms with van der Waals surface area (Å²) >= 11 is 1.66. The summed E-state index contributed by atoms with van der Waals surface area (Å²) in [5.41, 5.74) is 2.22. The molecule has 168 valence electrons. The van der Waals surface area contributed by atoms with E-state index >= 15 is 0 Å². The number of benzene rings is 2. The number of amides is 1. The number of aromatic nitrogens is 1. The molecule has 0 spiro atoms. The quantitative estimate of drug-likeness (QED) is 0.572. The van der Waals surface area contributed by atoms with Crippen molar-refractivity contribution in [1.82, 2.24) is 19.7 Å². The average molecular weight is 453 g/mol. The van der Waals surface area contributed by atoms with E-state index in [2.05, 4.69) is 34.9 Å². The monoisotopic (exact) mass is 452 g/mol. The number of piperazine rings is 1. The zero-order valence-corrected chi connectivity index (χ0v) is 19.3. The molecular formula is C24H28N4O3S. The third-order valence-electron chi connectivity index (χ3n) is 6.31. The number of para-hydroxylation sites is 1. The summed E-state index contributed by atoms with van der Waals surface area (Å²) in [6.45, 7) is 7.35. The van der Waals surface area contributed by atoms with Crippen molar-refractivity contribution in [3.05, 3.63) is 53.0 Å². The second-order valence-electron chi connectivity index (χ2n) is 8.44. The zero-order chi connectivity index (χ0) is 22.1. The van der Waals surface area contributed by atoms with Crippen LogP contribution < -0.4 is 9.47 Å². The Labute approximate surface area is 192 Å². The van der Waals surface area contributed by atoms with Crippen LogP contribution in [0.2, 0.25) is 0 Å². The lowest BCUT2D eigenvalue weighted by Gasteiger charge is -2.35. The predicted octanol–water partition coefficient (Wildman–Crippen LogP) is 3.36. The van der Waals surface area contributed by atoms with Crippen LogP contribution in [0.1, 0.15) is 23.5 Å². The fourth-order valence-electron chi connectivity index (χ4n) is 4.16. The van der Waals surface area contributed by atoms with E-state index in [0.29, 0.717) is 13.3 Å². The SMILES string of the molecule is CC(c1nc2ccccc2s1)N(C)C(=O)CN1CCN(Cc2ccc3c(c2)OCO3)CC1. The van der Waals surface area contributed by atoms with E-state index in [1.54, 1.807) is 11.3 Å². The normalized spacial score (nSPS) is 17.6. The average Bonchev–Trinajstić information content (AvgIpc) is 3.46. The van der Waals surface area contributed by atoms with E-state index in [1.807, 2.05) is 36.2 Å². The maximum Gasteiger partial charge on any atom is 0.237 e. The van der Waals surface area contributed by atoms with Crippen LogP contribution in [0.25, 0.3) is 10.2 Å². The van der Waals surface area contributed by atoms with Gasteiger partial charge in [0.25, 0.3) is 0 Å². The van der Waals surface area contributed by atoms with Crippen LogP contribution in [0.5, 0.6) is 11.5 Å². The Morgan fingerprint density at radius 1 is 1.09 bits per heavy atom. The van der Waals surface area contributed by atoms with Crippen LogP contribution in [0.15, 0.2) is 42.5 Å². The van der Waals surface area contributed by atoms with Gasteiger partial charge in [0.15, 0.2) is 11.5 Å². The van der Waals surface area contributed by atoms with E-state index in [4.69, 9.17) is 14.5 Å². The molecule has 0 N–H and O–H groups in total. The lowest BCUT2D eigenvalue weighted by Crippen LogP contribution is -2.49. The highest BCUT2D eigenvalue weighted by Gasteiger charge is 2.25. The van der Waals surface area contributed by atoms with Gasteiger partial charge in [-0.25, -0.2) is 4.98 Å². The number of carbonyl (C=O) groups excluding carboxylic acids is 1. The van der Waals surface area contributed by atoms with Gasteiger partial charge in [-0.2, -0.15) is 0 Å². The smallest absolute Gasteiger partial charge is 0.237 e. The molecule has 7 nitrogen and oxygen atoms in total. The highest BCUT2D eigenvalue weighted by molar-refractivity contribution is 7.18. The first kappa shape index (κ1) is 21.2. The summed E-state index contributed by atoms with van der Waals surface area (Å²) < 4.78 is 12.0. The van der Waals surface area contributed by atoms with Crippen molar-refractivity contribution in [1.29, 1.82) is 0 Å². The van der Waals surface area contributed by atoms with Crippen molar-refractivity contribution in [2.24, 2.45) is 0 Å². The first-order chi connectivity index (χ1) is 15.6. The number of hydrogen-bond donors (Lipinski definition) is 0. The molecule has 1 aromatic heterocycles. The lowest BCUT2D eigenvalue weighted by molar-refractivity contribution is -0.133. The lowest BCUT2D eigenvalue weighted by atomic mass is 10.1. The molecule has 0 aliphatic carbocycles. The van der Waals surface area contributed by atoms with Crippen molar-refractivity contribution >= 4 is 27.5 Å². The van der Waals surface area contributed by atoms with E-state index in [9.17, 15) is 4.79 Å². The van der Waals surface area contributed by atoms with Gasteiger partial charge >= 0.3 is 0 Å². The summed E-state index contributed by atoms with van der Waals surface area (Å²) in [4.78, 5) is 24.2. The fourth-order valence-corrected chi connectivity index (χ4v) is 5.22. The minimum atomic E-state index is -0.0350. The number of nitrogens with zero attached hydrogens (tertiary/aromatic N) is 4. The van der Waals surface area contributed by atoms with Crippen LogP contribution >= 0.6 is 11.3 Å². The Morgan fingerprint density at radius 2 is 1.84 bits per heavy atom. The molecule has 8 heteroatoms. The predicted molar refractivity (Wildman–Crippen MR) is 125 cm³/mol. The molecule has 32 heavy (non-hydrogen) atoms. The summed E-state index contributed by atoms with van der Waals surface area (Å²) in [5.74, 6) is 1.79. The van der Waals surface area contributed by atoms with Crippen molar-refractivity contribution < 1.29 is 14.3 Å². The summed E-state index contributed by atoms with van der Waals surface area (Å²) in [6, 6.07) is 14.2. The minimum absolute atomic E-state index is 0.0350. The zero-order valence-electron chi connectivity index (χ0n) is 18.5. The Balaban J connectivity index is 1.12. The second kappa shape index (κ2) is 9.05. The molecule has 1 saturated heterocycles. The fraction of sp³-hybridized carbons (Fsp3) is 0.417. The summed E-state index contributed by atoms with van der Waals surface area (Å²) in [6.07, 6.45) is 0. The molecule has 0 radical (unpaired) electrons. The van der Waals surface area contributed by atoms with Gasteiger partial charge in [-0.15, -0.1) is 11.3 Å². The van der Waals surface area contributed by atoms with Crippen molar-refractivity contribution in [2.45, 2.75) is 19.5 Å². The van der Waals surface area contributed by atoms with Gasteiger partial charge in [0.05, 0.1) is 22.8 Å². The molecule has 2 aliphatic rings. The van der Waals surface area contributed by atoms with Gasteiger partial charge in [-0.05, 0) is 36.8 Å². The van der Waals surface area contributed by atoms with Crippen molar-refractivity contribution in [3.63, 3.8) is 0 Å². The van der Waals surface area contributed by atoms with Crippen LogP contribution in [-0.2, 0) is 11.3 Å². The second-order valence-corrected chi connectivity index (χ2v) is 9.50. The number of ether oxygens (including phenoxy) is 2. The highest BCUT2D eigenvalue weighted by atomic mass is 32.1. The van der Waals surface area contributed by atoms with Gasteiger partial charge in [0.1, 0.15) is 5.01 Å². The topological polar surface area (TPSA) is 58.1 Å². The minimum Gasteiger partial charge on any atom is -0.454 e. The number of likely N-dealkylation sites (N-methyl/N-ethyl adjacent to an activating group) is 1. The number of thiazole rings is 1. The summed E-state index contributed by atoms with van der Waals surface area (Å²) in [7, 11) is 1.88. The van der Waals surface area contributed by atoms with Gasteiger partial charge < -0.3 is 14.4 Å². The molecule has 3 heterocycles. The molecule has 0 saturated carbocycles. The molecular weight excluding hydrogens is 424 g/mol. The molecule has 5 rings (SSSR count).